The van der Waals surface area contributed by atoms with Gasteiger partial charge in [0, 0.05) is 60.8 Å². The Balaban J connectivity index is 6.86. The van der Waals surface area contributed by atoms with Crippen molar-refractivity contribution in [3.05, 3.63) is 74.0 Å². The summed E-state index contributed by atoms with van der Waals surface area (Å²) < 4.78 is 23.9. The van der Waals surface area contributed by atoms with E-state index in [1.165, 1.54) is 0 Å². The van der Waals surface area contributed by atoms with Crippen molar-refractivity contribution in [1.29, 1.82) is 0 Å². The van der Waals surface area contributed by atoms with Crippen molar-refractivity contribution in [3.8, 4) is 0 Å². The first-order valence-electron chi connectivity index (χ1n) is 11.2. The summed E-state index contributed by atoms with van der Waals surface area (Å²) in [5, 5.41) is 43.5. The lowest BCUT2D eigenvalue weighted by atomic mass is 10.1. The third kappa shape index (κ3) is 20.0. The maximum Gasteiger partial charge on any atom is 0.331 e. The molecular formula is C25H20O20. The Kier molecular flexibility index (Phi) is 17.3. The molecular weight excluding hydrogens is 620 g/mol. The van der Waals surface area contributed by atoms with Crippen molar-refractivity contribution in [2.75, 3.05) is 0 Å². The van der Waals surface area contributed by atoms with E-state index < -0.39 is 78.0 Å². The van der Waals surface area contributed by atoms with Crippen molar-refractivity contribution >= 4 is 59.7 Å². The summed E-state index contributed by atoms with van der Waals surface area (Å²) in [6.07, 6.45) is -4.11. The molecule has 0 saturated carbocycles. The van der Waals surface area contributed by atoms with Crippen molar-refractivity contribution in [3.63, 3.8) is 0 Å². The highest BCUT2D eigenvalue weighted by Gasteiger charge is 2.40. The zero-order valence-corrected chi connectivity index (χ0v) is 22.0. The van der Waals surface area contributed by atoms with Gasteiger partial charge in [-0.15, -0.1) is 0 Å². The predicted molar refractivity (Wildman–Crippen MR) is 134 cm³/mol. The van der Waals surface area contributed by atoms with Crippen LogP contribution in [0.15, 0.2) is 60.8 Å². The van der Waals surface area contributed by atoms with E-state index in [2.05, 4.69) is 9.47 Å². The van der Waals surface area contributed by atoms with Crippen molar-refractivity contribution < 1.29 is 97.2 Å². The minimum absolute atomic E-state index is 0.230. The third-order valence-corrected chi connectivity index (χ3v) is 3.85. The summed E-state index contributed by atoms with van der Waals surface area (Å²) >= 11 is 0. The van der Waals surface area contributed by atoms with Crippen LogP contribution in [0.25, 0.3) is 0 Å². The van der Waals surface area contributed by atoms with Crippen LogP contribution in [0.3, 0.4) is 0 Å². The van der Waals surface area contributed by atoms with E-state index in [1.807, 2.05) is 0 Å². The van der Waals surface area contributed by atoms with Crippen LogP contribution >= 0.6 is 0 Å². The summed E-state index contributed by atoms with van der Waals surface area (Å²) in [5.41, 5.74) is 0. The van der Waals surface area contributed by atoms with E-state index in [-0.39, 0.29) is 49.7 Å². The average Bonchev–Trinajstić information content (AvgIpc) is 2.94. The van der Waals surface area contributed by atoms with Gasteiger partial charge in [-0.05, 0) is 0 Å². The fourth-order valence-corrected chi connectivity index (χ4v) is 2.23. The van der Waals surface area contributed by atoms with Gasteiger partial charge in [-0.2, -0.15) is 0 Å². The molecule has 0 rings (SSSR count). The molecule has 0 heterocycles. The first kappa shape index (κ1) is 38.4. The lowest BCUT2D eigenvalue weighted by Crippen LogP contribution is -2.46. The van der Waals surface area contributed by atoms with Crippen molar-refractivity contribution in [2.24, 2.45) is 0 Å². The molecule has 45 heavy (non-hydrogen) atoms. The van der Waals surface area contributed by atoms with E-state index in [0.717, 1.165) is 0 Å². The van der Waals surface area contributed by atoms with Crippen molar-refractivity contribution in [2.45, 2.75) is 18.3 Å². The molecule has 20 heteroatoms. The van der Waals surface area contributed by atoms with E-state index in [0.29, 0.717) is 24.3 Å². The third-order valence-electron chi connectivity index (χ3n) is 3.85. The number of rotatable bonds is 19. The van der Waals surface area contributed by atoms with Crippen LogP contribution < -0.4 is 0 Å². The topological polar surface area (TPSA) is 318 Å². The van der Waals surface area contributed by atoms with Crippen LogP contribution in [-0.4, -0.2) is 104 Å². The molecule has 20 nitrogen and oxygen atoms in total. The minimum Gasteiger partial charge on any atom is -0.478 e. The molecule has 2 radical (unpaired) electrons. The smallest absolute Gasteiger partial charge is 0.331 e. The van der Waals surface area contributed by atoms with Crippen LogP contribution in [0.2, 0.25) is 0 Å². The van der Waals surface area contributed by atoms with E-state index in [4.69, 9.17) is 39.7 Å². The van der Waals surface area contributed by atoms with Gasteiger partial charge in [-0.1, -0.05) is 0 Å². The molecule has 0 fully saturated rings. The number of ether oxygens (including phenoxy) is 5. The van der Waals surface area contributed by atoms with Gasteiger partial charge in [0.1, 0.15) is 0 Å². The van der Waals surface area contributed by atoms with Gasteiger partial charge in [0.05, 0.1) is 0 Å². The second kappa shape index (κ2) is 20.3. The number of esters is 5. The normalized spacial score (nSPS) is 13.2. The number of carboxylic acids is 5. The molecule has 2 unspecified atom stereocenters. The lowest BCUT2D eigenvalue weighted by molar-refractivity contribution is -0.181. The molecule has 0 aliphatic heterocycles. The number of hydrogen-bond acceptors (Lipinski definition) is 15. The Morgan fingerprint density at radius 2 is 0.600 bits per heavy atom. The zero-order valence-electron chi connectivity index (χ0n) is 22.0. The molecule has 0 saturated heterocycles. The SMILES string of the molecule is O=C(O)C=CC(=O)O[CH]C(OC(=O)C=CC(=O)O)C(OC(=O)C=CC(=O)O)C([CH]OC(=O)C=CC(=O)O)OC(=O)C=CC(=O)O. The van der Waals surface area contributed by atoms with E-state index in [9.17, 15) is 47.9 Å². The second-order valence-corrected chi connectivity index (χ2v) is 7.21. The van der Waals surface area contributed by atoms with Crippen LogP contribution in [0.1, 0.15) is 0 Å². The van der Waals surface area contributed by atoms with Gasteiger partial charge in [0.2, 0.25) is 0 Å². The number of hydrogen-bond donors (Lipinski definition) is 5. The first-order chi connectivity index (χ1) is 21.0. The molecule has 0 spiro atoms. The maximum absolute atomic E-state index is 12.4. The highest BCUT2D eigenvalue weighted by molar-refractivity contribution is 5.93. The molecule has 0 bridgehead atoms. The predicted octanol–water partition coefficient (Wildman–Crippen LogP) is -1.66. The molecule has 0 amide bonds. The molecule has 0 aromatic rings. The van der Waals surface area contributed by atoms with Gasteiger partial charge in [0.25, 0.3) is 0 Å². The Labute approximate surface area is 249 Å². The van der Waals surface area contributed by atoms with E-state index >= 15 is 0 Å². The molecule has 0 aliphatic carbocycles. The van der Waals surface area contributed by atoms with Gasteiger partial charge >= 0.3 is 59.7 Å². The summed E-state index contributed by atoms with van der Waals surface area (Å²) in [6, 6.07) is 0. The highest BCUT2D eigenvalue weighted by Crippen LogP contribution is 2.20. The van der Waals surface area contributed by atoms with Gasteiger partial charge in [-0.25, -0.2) is 47.9 Å². The number of aliphatic carboxylic acids is 5. The number of carbonyl (C=O) groups is 10. The first-order valence-corrected chi connectivity index (χ1v) is 11.2. The van der Waals surface area contributed by atoms with Gasteiger partial charge < -0.3 is 49.2 Å². The Bertz CT molecular complexity index is 1250. The van der Waals surface area contributed by atoms with Crippen LogP contribution in [-0.2, 0) is 71.6 Å². The standard InChI is InChI=1S/C25H20O20/c26-15(27)1-6-20(36)41-11-13(43-22(38)8-3-17(30)31)25(45-24(40)10-5-19(34)35)14(44-23(39)9-4-18(32)33)12-42-21(37)7-2-16(28)29/h1-14,25H,(H,26,27)(H,28,29)(H,30,31)(H,32,33)(H,34,35). The average molecular weight is 640 g/mol. The highest BCUT2D eigenvalue weighted by atomic mass is 16.6. The van der Waals surface area contributed by atoms with Crippen LogP contribution in [0.4, 0.5) is 0 Å². The fourth-order valence-electron chi connectivity index (χ4n) is 2.23. The van der Waals surface area contributed by atoms with E-state index in [1.54, 1.807) is 0 Å². The maximum atomic E-state index is 12.4. The largest absolute Gasteiger partial charge is 0.478 e. The fraction of sp³-hybridized carbons (Fsp3) is 0.120. The Morgan fingerprint density at radius 3 is 0.867 bits per heavy atom. The molecule has 0 aromatic heterocycles. The number of carbonyl (C=O) groups excluding carboxylic acids is 5. The summed E-state index contributed by atoms with van der Waals surface area (Å²) in [4.78, 5) is 114. The van der Waals surface area contributed by atoms with Gasteiger partial charge in [-0.3, -0.25) is 0 Å². The van der Waals surface area contributed by atoms with Crippen LogP contribution in [0.5, 0.6) is 0 Å². The molecule has 2 atom stereocenters. The second-order valence-electron chi connectivity index (χ2n) is 7.21. The monoisotopic (exact) mass is 640 g/mol. The Morgan fingerprint density at radius 1 is 0.356 bits per heavy atom. The molecule has 0 aliphatic rings. The van der Waals surface area contributed by atoms with Crippen molar-refractivity contribution in [1.82, 2.24) is 0 Å². The lowest BCUT2D eigenvalue weighted by Gasteiger charge is -2.30. The number of carboxylic acid groups (broad SMARTS) is 5. The van der Waals surface area contributed by atoms with Gasteiger partial charge in [0.15, 0.2) is 31.5 Å². The minimum atomic E-state index is -2.38. The summed E-state index contributed by atoms with van der Waals surface area (Å²) in [6.45, 7) is 0.460. The molecule has 5 N–H and O–H groups in total. The van der Waals surface area contributed by atoms with Crippen LogP contribution in [0, 0.1) is 13.2 Å². The molecule has 240 valence electrons. The zero-order chi connectivity index (χ0) is 34.5. The quantitative estimate of drug-likeness (QED) is 0.0598. The summed E-state index contributed by atoms with van der Waals surface area (Å²) in [7, 11) is 0. The Hall–Kier alpha value is -6.60. The molecule has 0 aromatic carbocycles. The summed E-state index contributed by atoms with van der Waals surface area (Å²) in [5.74, 6) is -15.9.